The van der Waals surface area contributed by atoms with Crippen molar-refractivity contribution in [2.75, 3.05) is 0 Å². The summed E-state index contributed by atoms with van der Waals surface area (Å²) in [5, 5.41) is 0. The predicted octanol–water partition coefficient (Wildman–Crippen LogP) is 2.43. The van der Waals surface area contributed by atoms with Crippen LogP contribution in [0.1, 0.15) is 59.8 Å². The third-order valence-corrected chi connectivity index (χ3v) is 5.52. The number of hydrogen-bond donors (Lipinski definition) is 1. The molecular formula is C11H23NO2S. The molecule has 0 amide bonds. The lowest BCUT2D eigenvalue weighted by molar-refractivity contribution is 0.291. The van der Waals surface area contributed by atoms with E-state index in [1.54, 1.807) is 20.8 Å². The van der Waals surface area contributed by atoms with Gasteiger partial charge in [0, 0.05) is 5.54 Å². The zero-order valence-electron chi connectivity index (χ0n) is 10.3. The molecule has 0 atom stereocenters. The van der Waals surface area contributed by atoms with Gasteiger partial charge in [-0.05, 0) is 40.5 Å². The Morgan fingerprint density at radius 2 is 1.53 bits per heavy atom. The number of rotatable bonds is 2. The molecule has 15 heavy (non-hydrogen) atoms. The lowest BCUT2D eigenvalue weighted by atomic mass is 9.84. The molecule has 90 valence electrons. The van der Waals surface area contributed by atoms with Gasteiger partial charge in [-0.3, -0.25) is 0 Å². The van der Waals surface area contributed by atoms with Crippen molar-refractivity contribution in [3.63, 3.8) is 0 Å². The average Bonchev–Trinajstić information content (AvgIpc) is 2.00. The van der Waals surface area contributed by atoms with Crippen molar-refractivity contribution in [3.05, 3.63) is 0 Å². The highest BCUT2D eigenvalue weighted by Crippen LogP contribution is 2.29. The van der Waals surface area contributed by atoms with Crippen molar-refractivity contribution in [1.29, 1.82) is 0 Å². The fourth-order valence-electron chi connectivity index (χ4n) is 1.91. The highest BCUT2D eigenvalue weighted by atomic mass is 32.2. The minimum Gasteiger partial charge on any atom is -0.212 e. The van der Waals surface area contributed by atoms with Crippen LogP contribution in [0.3, 0.4) is 0 Å². The first-order chi connectivity index (χ1) is 6.66. The van der Waals surface area contributed by atoms with Crippen molar-refractivity contribution < 1.29 is 8.42 Å². The number of sulfonamides is 1. The van der Waals surface area contributed by atoms with Crippen LogP contribution in [0.4, 0.5) is 0 Å². The SMILES string of the molecule is CC1(NS(=O)(=O)C(C)(C)C)CCCCC1. The Kier molecular flexibility index (Phi) is 3.51. The van der Waals surface area contributed by atoms with Crippen LogP contribution in [-0.2, 0) is 10.0 Å². The van der Waals surface area contributed by atoms with Gasteiger partial charge in [0.2, 0.25) is 10.0 Å². The maximum absolute atomic E-state index is 12.0. The summed E-state index contributed by atoms with van der Waals surface area (Å²) in [5.41, 5.74) is -0.218. The van der Waals surface area contributed by atoms with E-state index in [1.165, 1.54) is 6.42 Å². The van der Waals surface area contributed by atoms with Gasteiger partial charge < -0.3 is 0 Å². The second-order valence-electron chi connectivity index (χ2n) is 5.84. The first-order valence-electron chi connectivity index (χ1n) is 5.70. The molecule has 0 aromatic rings. The normalized spacial score (nSPS) is 22.7. The molecule has 0 aromatic heterocycles. The molecule has 1 fully saturated rings. The summed E-state index contributed by atoms with van der Waals surface area (Å²) in [6, 6.07) is 0. The van der Waals surface area contributed by atoms with Gasteiger partial charge in [-0.25, -0.2) is 13.1 Å². The molecule has 1 N–H and O–H groups in total. The molecule has 0 aliphatic heterocycles. The van der Waals surface area contributed by atoms with E-state index in [2.05, 4.69) is 4.72 Å². The van der Waals surface area contributed by atoms with Crippen LogP contribution in [0, 0.1) is 0 Å². The van der Waals surface area contributed by atoms with E-state index in [-0.39, 0.29) is 5.54 Å². The van der Waals surface area contributed by atoms with Gasteiger partial charge in [0.05, 0.1) is 4.75 Å². The van der Waals surface area contributed by atoms with Gasteiger partial charge in [-0.2, -0.15) is 0 Å². The summed E-state index contributed by atoms with van der Waals surface area (Å²) in [4.78, 5) is 0. The molecule has 0 spiro atoms. The third kappa shape index (κ3) is 3.18. The molecule has 4 heteroatoms. The summed E-state index contributed by atoms with van der Waals surface area (Å²) in [7, 11) is -3.21. The van der Waals surface area contributed by atoms with E-state index < -0.39 is 14.8 Å². The molecule has 1 saturated carbocycles. The summed E-state index contributed by atoms with van der Waals surface area (Å²) < 4.78 is 26.2. The quantitative estimate of drug-likeness (QED) is 0.796. The molecule has 1 aliphatic rings. The zero-order chi connectivity index (χ0) is 11.7. The molecule has 0 unspecified atom stereocenters. The zero-order valence-corrected chi connectivity index (χ0v) is 11.1. The largest absolute Gasteiger partial charge is 0.217 e. The fraction of sp³-hybridized carbons (Fsp3) is 1.00. The first-order valence-corrected chi connectivity index (χ1v) is 7.18. The van der Waals surface area contributed by atoms with E-state index in [9.17, 15) is 8.42 Å². The Balaban J connectivity index is 2.76. The Labute approximate surface area is 93.7 Å². The van der Waals surface area contributed by atoms with Crippen molar-refractivity contribution in [2.24, 2.45) is 0 Å². The van der Waals surface area contributed by atoms with Crippen LogP contribution in [0.2, 0.25) is 0 Å². The minimum atomic E-state index is -3.21. The van der Waals surface area contributed by atoms with Crippen LogP contribution >= 0.6 is 0 Å². The van der Waals surface area contributed by atoms with E-state index in [1.807, 2.05) is 6.92 Å². The maximum Gasteiger partial charge on any atom is 0.217 e. The molecule has 0 aromatic carbocycles. The standard InChI is InChI=1S/C11H23NO2S/c1-10(2,3)15(13,14)12-11(4)8-6-5-7-9-11/h12H,5-9H2,1-4H3. The van der Waals surface area contributed by atoms with Gasteiger partial charge in [-0.1, -0.05) is 19.3 Å². The third-order valence-electron chi connectivity index (χ3n) is 3.14. The van der Waals surface area contributed by atoms with Crippen LogP contribution < -0.4 is 4.72 Å². The monoisotopic (exact) mass is 233 g/mol. The van der Waals surface area contributed by atoms with Gasteiger partial charge in [0.25, 0.3) is 0 Å². The van der Waals surface area contributed by atoms with Crippen LogP contribution in [0.15, 0.2) is 0 Å². The second-order valence-corrected chi connectivity index (χ2v) is 8.27. The maximum atomic E-state index is 12.0. The van der Waals surface area contributed by atoms with E-state index in [4.69, 9.17) is 0 Å². The predicted molar refractivity (Wildman–Crippen MR) is 63.3 cm³/mol. The Morgan fingerprint density at radius 1 is 1.07 bits per heavy atom. The molecule has 0 bridgehead atoms. The summed E-state index contributed by atoms with van der Waals surface area (Å²) in [5.74, 6) is 0. The van der Waals surface area contributed by atoms with E-state index >= 15 is 0 Å². The smallest absolute Gasteiger partial charge is 0.212 e. The lowest BCUT2D eigenvalue weighted by Crippen LogP contribution is -2.52. The van der Waals surface area contributed by atoms with Gasteiger partial charge in [0.15, 0.2) is 0 Å². The lowest BCUT2D eigenvalue weighted by Gasteiger charge is -2.36. The summed E-state index contributed by atoms with van der Waals surface area (Å²) in [6.07, 6.45) is 5.41. The van der Waals surface area contributed by atoms with Crippen LogP contribution in [0.5, 0.6) is 0 Å². The Bertz CT molecular complexity index is 308. The molecule has 1 rings (SSSR count). The Morgan fingerprint density at radius 3 is 1.93 bits per heavy atom. The molecule has 3 nitrogen and oxygen atoms in total. The molecular weight excluding hydrogens is 210 g/mol. The second kappa shape index (κ2) is 4.06. The highest BCUT2D eigenvalue weighted by molar-refractivity contribution is 7.90. The Hall–Kier alpha value is -0.0900. The van der Waals surface area contributed by atoms with Gasteiger partial charge in [0.1, 0.15) is 0 Å². The van der Waals surface area contributed by atoms with E-state index in [0.717, 1.165) is 25.7 Å². The van der Waals surface area contributed by atoms with Gasteiger partial charge in [-0.15, -0.1) is 0 Å². The van der Waals surface area contributed by atoms with Crippen molar-refractivity contribution in [2.45, 2.75) is 70.1 Å². The molecule has 0 radical (unpaired) electrons. The molecule has 0 heterocycles. The molecule has 0 saturated heterocycles. The van der Waals surface area contributed by atoms with Gasteiger partial charge >= 0.3 is 0 Å². The van der Waals surface area contributed by atoms with Crippen molar-refractivity contribution >= 4 is 10.0 Å². The van der Waals surface area contributed by atoms with Crippen LogP contribution in [-0.4, -0.2) is 18.7 Å². The number of nitrogens with one attached hydrogen (secondary N) is 1. The minimum absolute atomic E-state index is 0.218. The van der Waals surface area contributed by atoms with Crippen molar-refractivity contribution in [3.8, 4) is 0 Å². The van der Waals surface area contributed by atoms with Crippen LogP contribution in [0.25, 0.3) is 0 Å². The average molecular weight is 233 g/mol. The fourth-order valence-corrected chi connectivity index (χ4v) is 3.07. The summed E-state index contributed by atoms with van der Waals surface area (Å²) in [6.45, 7) is 7.24. The summed E-state index contributed by atoms with van der Waals surface area (Å²) >= 11 is 0. The topological polar surface area (TPSA) is 46.2 Å². The highest BCUT2D eigenvalue weighted by Gasteiger charge is 2.37. The van der Waals surface area contributed by atoms with E-state index in [0.29, 0.717) is 0 Å². The van der Waals surface area contributed by atoms with Crippen molar-refractivity contribution in [1.82, 2.24) is 4.72 Å². The number of hydrogen-bond acceptors (Lipinski definition) is 2. The molecule has 1 aliphatic carbocycles. The first kappa shape index (κ1) is 13.0.